The summed E-state index contributed by atoms with van der Waals surface area (Å²) in [5.74, 6) is 0. The number of aromatic nitrogens is 3. The largest absolute Gasteiger partial charge is 0.400 e. The van der Waals surface area contributed by atoms with Crippen molar-refractivity contribution in [3.63, 3.8) is 0 Å². The van der Waals surface area contributed by atoms with Crippen molar-refractivity contribution in [2.45, 2.75) is 46.1 Å². The Bertz CT molecular complexity index is 1010. The standard InChI is InChI=1S/C23H27N3OS.CH4O/c1-4-7-12-26-21(15-23-22(26)14-20(16-27)28-23)18(8-5-2)9-10-19(6-3)25-13-11-24-17-25;1-2/h6,9-11,13-17H,3-5,7-8,12H2,1-2H3;2H,1H3/b18-9+,19-10+;. The maximum absolute atomic E-state index is 11.2. The molecule has 30 heavy (non-hydrogen) atoms. The summed E-state index contributed by atoms with van der Waals surface area (Å²) in [7, 11) is 1.00. The van der Waals surface area contributed by atoms with Gasteiger partial charge in [-0.2, -0.15) is 0 Å². The smallest absolute Gasteiger partial charge is 0.160 e. The van der Waals surface area contributed by atoms with Gasteiger partial charge in [0.05, 0.1) is 21.4 Å². The summed E-state index contributed by atoms with van der Waals surface area (Å²) in [6, 6.07) is 4.26. The molecule has 0 aliphatic rings. The highest BCUT2D eigenvalue weighted by molar-refractivity contribution is 7.20. The van der Waals surface area contributed by atoms with Crippen LogP contribution in [0, 0.1) is 0 Å². The Kier molecular flexibility index (Phi) is 9.51. The number of nitrogens with zero attached hydrogens (tertiary/aromatic N) is 3. The second kappa shape index (κ2) is 12.1. The molecule has 0 amide bonds. The molecule has 0 unspecified atom stereocenters. The van der Waals surface area contributed by atoms with E-state index in [1.54, 1.807) is 23.9 Å². The fraction of sp³-hybridized carbons (Fsp3) is 0.333. The molecule has 3 heterocycles. The molecule has 0 fully saturated rings. The molecule has 0 aliphatic carbocycles. The van der Waals surface area contributed by atoms with Crippen molar-refractivity contribution >= 4 is 39.1 Å². The highest BCUT2D eigenvalue weighted by Crippen LogP contribution is 2.33. The van der Waals surface area contributed by atoms with E-state index >= 15 is 0 Å². The zero-order valence-electron chi connectivity index (χ0n) is 18.0. The first-order valence-electron chi connectivity index (χ1n) is 10.3. The van der Waals surface area contributed by atoms with E-state index in [2.05, 4.69) is 48.2 Å². The molecule has 0 saturated carbocycles. The molecule has 0 bridgehead atoms. The van der Waals surface area contributed by atoms with E-state index < -0.39 is 0 Å². The van der Waals surface area contributed by atoms with E-state index in [9.17, 15) is 4.79 Å². The van der Waals surface area contributed by atoms with Gasteiger partial charge in [0.25, 0.3) is 0 Å². The van der Waals surface area contributed by atoms with Crippen molar-refractivity contribution in [3.05, 3.63) is 66.2 Å². The number of fused-ring (bicyclic) bond motifs is 1. The van der Waals surface area contributed by atoms with E-state index in [1.807, 2.05) is 22.9 Å². The van der Waals surface area contributed by atoms with Gasteiger partial charge in [-0.3, -0.25) is 4.79 Å². The molecule has 3 aromatic heterocycles. The van der Waals surface area contributed by atoms with Crippen LogP contribution in [-0.2, 0) is 6.54 Å². The monoisotopic (exact) mass is 425 g/mol. The second-order valence-corrected chi connectivity index (χ2v) is 7.87. The van der Waals surface area contributed by atoms with Crippen molar-refractivity contribution < 1.29 is 9.90 Å². The van der Waals surface area contributed by atoms with Crippen LogP contribution < -0.4 is 0 Å². The molecular formula is C24H31N3O2S. The normalized spacial score (nSPS) is 12.0. The number of aliphatic hydroxyl groups excluding tert-OH is 1. The first kappa shape index (κ1) is 23.6. The molecule has 5 nitrogen and oxygen atoms in total. The number of rotatable bonds is 10. The van der Waals surface area contributed by atoms with Gasteiger partial charge in [0.15, 0.2) is 6.29 Å². The minimum Gasteiger partial charge on any atom is -0.400 e. The predicted molar refractivity (Wildman–Crippen MR) is 128 cm³/mol. The molecule has 0 aliphatic heterocycles. The SMILES string of the molecule is C=C/C(=C\C=C(/CCC)c1cc2sc(C=O)cc2n1CCCC)n1ccnc1.CO. The zero-order valence-corrected chi connectivity index (χ0v) is 18.9. The van der Waals surface area contributed by atoms with Gasteiger partial charge in [-0.1, -0.05) is 39.3 Å². The Morgan fingerprint density at radius 1 is 1.23 bits per heavy atom. The maximum Gasteiger partial charge on any atom is 0.160 e. The molecule has 0 spiro atoms. The summed E-state index contributed by atoms with van der Waals surface area (Å²) in [6.07, 6.45) is 16.9. The zero-order chi connectivity index (χ0) is 21.9. The van der Waals surface area contributed by atoms with Gasteiger partial charge in [-0.25, -0.2) is 4.98 Å². The number of aldehydes is 1. The number of unbranched alkanes of at least 4 members (excludes halogenated alkanes) is 1. The van der Waals surface area contributed by atoms with Crippen LogP contribution in [0.3, 0.4) is 0 Å². The number of carbonyl (C=O) groups is 1. The summed E-state index contributed by atoms with van der Waals surface area (Å²) in [6.45, 7) is 9.31. The summed E-state index contributed by atoms with van der Waals surface area (Å²) in [5.41, 5.74) is 4.70. The Morgan fingerprint density at radius 3 is 2.63 bits per heavy atom. The fourth-order valence-corrected chi connectivity index (χ4v) is 4.28. The lowest BCUT2D eigenvalue weighted by Crippen LogP contribution is -2.02. The lowest BCUT2D eigenvalue weighted by molar-refractivity contribution is 0.112. The van der Waals surface area contributed by atoms with Crippen LogP contribution in [0.5, 0.6) is 0 Å². The second-order valence-electron chi connectivity index (χ2n) is 6.76. The van der Waals surface area contributed by atoms with Gasteiger partial charge < -0.3 is 14.2 Å². The van der Waals surface area contributed by atoms with Crippen LogP contribution in [0.1, 0.15) is 54.9 Å². The van der Waals surface area contributed by atoms with E-state index in [4.69, 9.17) is 5.11 Å². The molecule has 0 aromatic carbocycles. The van der Waals surface area contributed by atoms with E-state index in [0.717, 1.165) is 56.2 Å². The van der Waals surface area contributed by atoms with E-state index in [1.165, 1.54) is 21.5 Å². The average molecular weight is 426 g/mol. The van der Waals surface area contributed by atoms with Gasteiger partial charge >= 0.3 is 0 Å². The summed E-state index contributed by atoms with van der Waals surface area (Å²) in [4.78, 5) is 16.1. The van der Waals surface area contributed by atoms with E-state index in [0.29, 0.717) is 0 Å². The predicted octanol–water partition coefficient (Wildman–Crippen LogP) is 6.03. The third-order valence-corrected chi connectivity index (χ3v) is 5.77. The minimum atomic E-state index is 0.789. The number of imidazole rings is 1. The fourth-order valence-electron chi connectivity index (χ4n) is 3.37. The summed E-state index contributed by atoms with van der Waals surface area (Å²) < 4.78 is 5.51. The molecule has 160 valence electrons. The molecule has 0 saturated heterocycles. The molecule has 3 rings (SSSR count). The quantitative estimate of drug-likeness (QED) is 0.319. The summed E-state index contributed by atoms with van der Waals surface area (Å²) >= 11 is 1.57. The van der Waals surface area contributed by atoms with Gasteiger partial charge in [0.1, 0.15) is 0 Å². The third-order valence-electron chi connectivity index (χ3n) is 4.78. The Balaban J connectivity index is 0.00000155. The molecule has 6 heteroatoms. The van der Waals surface area contributed by atoms with Crippen LogP contribution in [0.25, 0.3) is 21.5 Å². The van der Waals surface area contributed by atoms with Gasteiger partial charge in [-0.05, 0) is 42.7 Å². The van der Waals surface area contributed by atoms with E-state index in [-0.39, 0.29) is 0 Å². The number of thiophene rings is 1. The lowest BCUT2D eigenvalue weighted by Gasteiger charge is -2.13. The molecule has 1 N–H and O–H groups in total. The van der Waals surface area contributed by atoms with Gasteiger partial charge in [-0.15, -0.1) is 11.3 Å². The van der Waals surface area contributed by atoms with Crippen LogP contribution in [-0.4, -0.2) is 32.6 Å². The van der Waals surface area contributed by atoms with Crippen LogP contribution >= 0.6 is 11.3 Å². The number of hydrogen-bond donors (Lipinski definition) is 1. The van der Waals surface area contributed by atoms with Crippen LogP contribution in [0.15, 0.2) is 55.7 Å². The van der Waals surface area contributed by atoms with Crippen molar-refractivity contribution in [2.24, 2.45) is 0 Å². The van der Waals surface area contributed by atoms with Crippen molar-refractivity contribution in [1.82, 2.24) is 14.1 Å². The van der Waals surface area contributed by atoms with Gasteiger partial charge in [0, 0.05) is 37.4 Å². The van der Waals surface area contributed by atoms with Crippen LogP contribution in [0.2, 0.25) is 0 Å². The van der Waals surface area contributed by atoms with Crippen LogP contribution in [0.4, 0.5) is 0 Å². The lowest BCUT2D eigenvalue weighted by atomic mass is 10.1. The number of allylic oxidation sites excluding steroid dienone is 5. The number of carbonyl (C=O) groups excluding carboxylic acids is 1. The third kappa shape index (κ3) is 5.46. The van der Waals surface area contributed by atoms with Crippen molar-refractivity contribution in [2.75, 3.05) is 7.11 Å². The average Bonchev–Trinajstić information content (AvgIpc) is 3.50. The summed E-state index contributed by atoms with van der Waals surface area (Å²) in [5, 5.41) is 7.00. The first-order chi connectivity index (χ1) is 14.7. The Morgan fingerprint density at radius 2 is 2.03 bits per heavy atom. The molecule has 0 atom stereocenters. The van der Waals surface area contributed by atoms with Gasteiger partial charge in [0.2, 0.25) is 0 Å². The first-order valence-corrected chi connectivity index (χ1v) is 11.1. The highest BCUT2D eigenvalue weighted by atomic mass is 32.1. The molecular weight excluding hydrogens is 394 g/mol. The topological polar surface area (TPSA) is 60.0 Å². The number of hydrogen-bond acceptors (Lipinski definition) is 4. The molecule has 3 aromatic rings. The van der Waals surface area contributed by atoms with Crippen molar-refractivity contribution in [3.8, 4) is 0 Å². The maximum atomic E-state index is 11.2. The Labute approximate surface area is 182 Å². The highest BCUT2D eigenvalue weighted by Gasteiger charge is 2.14. The number of aliphatic hydroxyl groups is 1. The Hall–Kier alpha value is -2.70. The molecule has 0 radical (unpaired) electrons. The number of aryl methyl sites for hydroxylation is 1. The van der Waals surface area contributed by atoms with Crippen molar-refractivity contribution in [1.29, 1.82) is 0 Å². The minimum absolute atomic E-state index is 0.789.